The van der Waals surface area contributed by atoms with Gasteiger partial charge in [-0.3, -0.25) is 4.79 Å². The molecule has 1 fully saturated rings. The number of phenolic OH excluding ortho intramolecular Hbond substituents is 1. The van der Waals surface area contributed by atoms with Crippen LogP contribution in [0.2, 0.25) is 0 Å². The average molecular weight is 220 g/mol. The van der Waals surface area contributed by atoms with E-state index in [-0.39, 0.29) is 11.9 Å². The summed E-state index contributed by atoms with van der Waals surface area (Å²) < 4.78 is 4.69. The van der Waals surface area contributed by atoms with Gasteiger partial charge in [-0.1, -0.05) is 18.2 Å². The zero-order chi connectivity index (χ0) is 11.5. The predicted molar refractivity (Wildman–Crippen MR) is 60.0 cm³/mol. The van der Waals surface area contributed by atoms with Crippen molar-refractivity contribution in [3.05, 3.63) is 29.8 Å². The molecule has 1 N–H and O–H groups in total. The largest absolute Gasteiger partial charge is 0.508 e. The average Bonchev–Trinajstić information content (AvgIpc) is 3.06. The van der Waals surface area contributed by atoms with Gasteiger partial charge in [0.25, 0.3) is 0 Å². The van der Waals surface area contributed by atoms with Crippen molar-refractivity contribution < 1.29 is 14.6 Å². The van der Waals surface area contributed by atoms with E-state index in [1.807, 2.05) is 18.2 Å². The number of methoxy groups -OCH3 is 1. The minimum atomic E-state index is -0.0951. The van der Waals surface area contributed by atoms with E-state index >= 15 is 0 Å². The predicted octanol–water partition coefficient (Wildman–Crippen LogP) is 2.13. The van der Waals surface area contributed by atoms with Crippen LogP contribution in [0.25, 0.3) is 0 Å². The van der Waals surface area contributed by atoms with Crippen LogP contribution < -0.4 is 0 Å². The van der Waals surface area contributed by atoms with Crippen molar-refractivity contribution in [2.24, 2.45) is 11.8 Å². The first-order valence-electron chi connectivity index (χ1n) is 5.57. The lowest BCUT2D eigenvalue weighted by Gasteiger charge is -2.03. The summed E-state index contributed by atoms with van der Waals surface area (Å²) in [7, 11) is 1.43. The molecule has 16 heavy (non-hydrogen) atoms. The SMILES string of the molecule is COC(=O)C1CC1CCc1ccccc1O. The normalized spacial score (nSPS) is 22.8. The fourth-order valence-electron chi connectivity index (χ4n) is 2.07. The number of carbonyl (C=O) groups is 1. The van der Waals surface area contributed by atoms with E-state index in [2.05, 4.69) is 0 Å². The molecule has 0 aliphatic heterocycles. The summed E-state index contributed by atoms with van der Waals surface area (Å²) in [5.41, 5.74) is 0.956. The van der Waals surface area contributed by atoms with Crippen LogP contribution in [0.15, 0.2) is 24.3 Å². The highest BCUT2D eigenvalue weighted by Crippen LogP contribution is 2.43. The fourth-order valence-corrected chi connectivity index (χ4v) is 2.07. The summed E-state index contributed by atoms with van der Waals surface area (Å²) in [6.45, 7) is 0. The van der Waals surface area contributed by atoms with Gasteiger partial charge in [-0.15, -0.1) is 0 Å². The third-order valence-corrected chi connectivity index (χ3v) is 3.20. The minimum absolute atomic E-state index is 0.0934. The van der Waals surface area contributed by atoms with Crippen LogP contribution >= 0.6 is 0 Å². The molecule has 2 rings (SSSR count). The van der Waals surface area contributed by atoms with E-state index < -0.39 is 0 Å². The standard InChI is InChI=1S/C13H16O3/c1-16-13(15)11-8-10(11)7-6-9-4-2-3-5-12(9)14/h2-5,10-11,14H,6-8H2,1H3. The molecule has 0 heterocycles. The van der Waals surface area contributed by atoms with Gasteiger partial charge in [0, 0.05) is 0 Å². The van der Waals surface area contributed by atoms with Crippen molar-refractivity contribution in [2.75, 3.05) is 7.11 Å². The topological polar surface area (TPSA) is 46.5 Å². The molecule has 0 amide bonds. The van der Waals surface area contributed by atoms with Gasteiger partial charge in [-0.2, -0.15) is 0 Å². The lowest BCUT2D eigenvalue weighted by Crippen LogP contribution is -2.04. The first-order valence-corrected chi connectivity index (χ1v) is 5.57. The highest BCUT2D eigenvalue weighted by Gasteiger charge is 2.43. The lowest BCUT2D eigenvalue weighted by molar-refractivity contribution is -0.142. The Morgan fingerprint density at radius 1 is 1.50 bits per heavy atom. The summed E-state index contributed by atoms with van der Waals surface area (Å²) in [5.74, 6) is 0.781. The van der Waals surface area contributed by atoms with Crippen LogP contribution in [0.4, 0.5) is 0 Å². The Hall–Kier alpha value is -1.51. The Kier molecular flexibility index (Phi) is 3.13. The van der Waals surface area contributed by atoms with Gasteiger partial charge in [0.2, 0.25) is 0 Å². The highest BCUT2D eigenvalue weighted by molar-refractivity contribution is 5.75. The Morgan fingerprint density at radius 2 is 2.25 bits per heavy atom. The van der Waals surface area contributed by atoms with Gasteiger partial charge in [0.1, 0.15) is 5.75 Å². The Bertz CT molecular complexity index is 387. The second kappa shape index (κ2) is 4.56. The van der Waals surface area contributed by atoms with Gasteiger partial charge in [-0.05, 0) is 36.8 Å². The van der Waals surface area contributed by atoms with Crippen molar-refractivity contribution >= 4 is 5.97 Å². The molecule has 0 radical (unpaired) electrons. The molecular formula is C13H16O3. The first kappa shape index (κ1) is 11.0. The fraction of sp³-hybridized carbons (Fsp3) is 0.462. The van der Waals surface area contributed by atoms with E-state index in [9.17, 15) is 9.90 Å². The van der Waals surface area contributed by atoms with Crippen molar-refractivity contribution in [2.45, 2.75) is 19.3 Å². The van der Waals surface area contributed by atoms with E-state index in [1.54, 1.807) is 6.07 Å². The summed E-state index contributed by atoms with van der Waals surface area (Å²) in [6.07, 6.45) is 2.70. The molecule has 1 aromatic rings. The molecular weight excluding hydrogens is 204 g/mol. The van der Waals surface area contributed by atoms with Crippen LogP contribution in [0.5, 0.6) is 5.75 Å². The summed E-state index contributed by atoms with van der Waals surface area (Å²) in [4.78, 5) is 11.2. The molecule has 1 saturated carbocycles. The quantitative estimate of drug-likeness (QED) is 0.791. The maximum atomic E-state index is 11.2. The maximum absolute atomic E-state index is 11.2. The summed E-state index contributed by atoms with van der Waals surface area (Å²) in [5, 5.41) is 9.57. The number of aromatic hydroxyl groups is 1. The van der Waals surface area contributed by atoms with Gasteiger partial charge >= 0.3 is 5.97 Å². The van der Waals surface area contributed by atoms with Crippen LogP contribution in [0, 0.1) is 11.8 Å². The Morgan fingerprint density at radius 3 is 2.94 bits per heavy atom. The van der Waals surface area contributed by atoms with E-state index in [0.29, 0.717) is 11.7 Å². The monoisotopic (exact) mass is 220 g/mol. The number of rotatable bonds is 4. The molecule has 0 spiro atoms. The molecule has 0 bridgehead atoms. The molecule has 0 aromatic heterocycles. The molecule has 1 aliphatic rings. The highest BCUT2D eigenvalue weighted by atomic mass is 16.5. The molecule has 2 unspecified atom stereocenters. The molecule has 86 valence electrons. The van der Waals surface area contributed by atoms with Crippen LogP contribution in [-0.4, -0.2) is 18.2 Å². The van der Waals surface area contributed by atoms with Gasteiger partial charge < -0.3 is 9.84 Å². The van der Waals surface area contributed by atoms with Crippen molar-refractivity contribution in [1.29, 1.82) is 0 Å². The van der Waals surface area contributed by atoms with E-state index in [0.717, 1.165) is 24.8 Å². The number of para-hydroxylation sites is 1. The number of hydrogen-bond donors (Lipinski definition) is 1. The zero-order valence-electron chi connectivity index (χ0n) is 9.35. The number of carbonyl (C=O) groups excluding carboxylic acids is 1. The number of hydrogen-bond acceptors (Lipinski definition) is 3. The van der Waals surface area contributed by atoms with Gasteiger partial charge in [0.05, 0.1) is 13.0 Å². The number of aryl methyl sites for hydroxylation is 1. The molecule has 1 aliphatic carbocycles. The zero-order valence-corrected chi connectivity index (χ0v) is 9.35. The van der Waals surface area contributed by atoms with E-state index in [1.165, 1.54) is 7.11 Å². The lowest BCUT2D eigenvalue weighted by atomic mass is 10.1. The molecule has 3 heteroatoms. The van der Waals surface area contributed by atoms with Crippen molar-refractivity contribution in [3.63, 3.8) is 0 Å². The smallest absolute Gasteiger partial charge is 0.308 e. The Balaban J connectivity index is 1.82. The van der Waals surface area contributed by atoms with Crippen molar-refractivity contribution in [1.82, 2.24) is 0 Å². The number of ether oxygens (including phenoxy) is 1. The minimum Gasteiger partial charge on any atom is -0.508 e. The van der Waals surface area contributed by atoms with Crippen LogP contribution in [-0.2, 0) is 16.0 Å². The molecule has 0 saturated heterocycles. The van der Waals surface area contributed by atoms with Gasteiger partial charge in [-0.25, -0.2) is 0 Å². The summed E-state index contributed by atoms with van der Waals surface area (Å²) >= 11 is 0. The van der Waals surface area contributed by atoms with Crippen molar-refractivity contribution in [3.8, 4) is 5.75 Å². The molecule has 3 nitrogen and oxygen atoms in total. The maximum Gasteiger partial charge on any atom is 0.308 e. The Labute approximate surface area is 95.0 Å². The first-order chi connectivity index (χ1) is 7.72. The molecule has 2 atom stereocenters. The second-order valence-corrected chi connectivity index (χ2v) is 4.29. The summed E-state index contributed by atoms with van der Waals surface area (Å²) in [6, 6.07) is 7.35. The third kappa shape index (κ3) is 2.35. The second-order valence-electron chi connectivity index (χ2n) is 4.29. The van der Waals surface area contributed by atoms with E-state index in [4.69, 9.17) is 4.74 Å². The van der Waals surface area contributed by atoms with Crippen LogP contribution in [0.3, 0.4) is 0 Å². The van der Waals surface area contributed by atoms with Crippen LogP contribution in [0.1, 0.15) is 18.4 Å². The van der Waals surface area contributed by atoms with Gasteiger partial charge in [0.15, 0.2) is 0 Å². The number of benzene rings is 1. The number of phenols is 1. The third-order valence-electron chi connectivity index (χ3n) is 3.20. The molecule has 1 aromatic carbocycles. The number of esters is 1.